The lowest BCUT2D eigenvalue weighted by Crippen LogP contribution is -2.07. The van der Waals surface area contributed by atoms with Crippen LogP contribution in [0.1, 0.15) is 36.7 Å². The molecule has 0 aromatic heterocycles. The molecule has 0 aliphatic rings. The molecule has 0 N–H and O–H groups in total. The van der Waals surface area contributed by atoms with E-state index in [0.29, 0.717) is 0 Å². The van der Waals surface area contributed by atoms with E-state index in [2.05, 4.69) is 36.7 Å². The van der Waals surface area contributed by atoms with Crippen molar-refractivity contribution in [1.82, 2.24) is 0 Å². The van der Waals surface area contributed by atoms with Gasteiger partial charge in [-0.2, -0.15) is 0 Å². The van der Waals surface area contributed by atoms with Crippen molar-refractivity contribution in [3.8, 4) is 0 Å². The van der Waals surface area contributed by atoms with Gasteiger partial charge in [0, 0.05) is 19.7 Å². The molecule has 3 heteroatoms. The van der Waals surface area contributed by atoms with Crippen molar-refractivity contribution in [2.24, 2.45) is 0 Å². The number of carbonyl (C=O) groups is 1. The molecule has 1 aromatic rings. The maximum absolute atomic E-state index is 11.0. The SMILES string of the molecule is Cc1ccc(SC(C)(C)C)c(C=O)c1Br. The minimum absolute atomic E-state index is 0.118. The second kappa shape index (κ2) is 4.71. The third-order valence-electron chi connectivity index (χ3n) is 1.87. The first-order valence-corrected chi connectivity index (χ1v) is 6.39. The average Bonchev–Trinajstić information content (AvgIpc) is 2.10. The number of rotatable bonds is 2. The summed E-state index contributed by atoms with van der Waals surface area (Å²) in [6.45, 7) is 8.41. The highest BCUT2D eigenvalue weighted by atomic mass is 79.9. The minimum Gasteiger partial charge on any atom is -0.298 e. The minimum atomic E-state index is 0.118. The standard InChI is InChI=1S/C12H15BrOS/c1-8-5-6-10(15-12(2,3)4)9(7-14)11(8)13/h5-7H,1-4H3. The van der Waals surface area contributed by atoms with Gasteiger partial charge in [0.05, 0.1) is 0 Å². The van der Waals surface area contributed by atoms with Crippen molar-refractivity contribution < 1.29 is 4.79 Å². The van der Waals surface area contributed by atoms with Gasteiger partial charge in [-0.15, -0.1) is 11.8 Å². The number of carbonyl (C=O) groups excluding carboxylic acids is 1. The molecule has 0 saturated heterocycles. The fraction of sp³-hybridized carbons (Fsp3) is 0.417. The molecule has 0 amide bonds. The van der Waals surface area contributed by atoms with Gasteiger partial charge in [0.1, 0.15) is 0 Å². The van der Waals surface area contributed by atoms with Crippen LogP contribution in [0.15, 0.2) is 21.5 Å². The van der Waals surface area contributed by atoms with Crippen molar-refractivity contribution in [3.63, 3.8) is 0 Å². The molecule has 0 heterocycles. The van der Waals surface area contributed by atoms with E-state index in [1.165, 1.54) is 0 Å². The molecule has 0 fully saturated rings. The first-order valence-electron chi connectivity index (χ1n) is 4.78. The van der Waals surface area contributed by atoms with E-state index in [1.54, 1.807) is 11.8 Å². The third kappa shape index (κ3) is 3.35. The van der Waals surface area contributed by atoms with Crippen molar-refractivity contribution in [2.45, 2.75) is 37.3 Å². The summed E-state index contributed by atoms with van der Waals surface area (Å²) in [4.78, 5) is 12.1. The number of aldehydes is 1. The summed E-state index contributed by atoms with van der Waals surface area (Å²) in [7, 11) is 0. The van der Waals surface area contributed by atoms with Crippen molar-refractivity contribution in [1.29, 1.82) is 0 Å². The molecule has 0 spiro atoms. The quantitative estimate of drug-likeness (QED) is 0.590. The number of thioether (sulfide) groups is 1. The zero-order valence-electron chi connectivity index (χ0n) is 9.43. The zero-order valence-corrected chi connectivity index (χ0v) is 11.8. The predicted molar refractivity (Wildman–Crippen MR) is 69.9 cm³/mol. The van der Waals surface area contributed by atoms with E-state index < -0.39 is 0 Å². The highest BCUT2D eigenvalue weighted by Gasteiger charge is 2.16. The van der Waals surface area contributed by atoms with Gasteiger partial charge in [-0.3, -0.25) is 4.79 Å². The fourth-order valence-electron chi connectivity index (χ4n) is 1.21. The Bertz CT molecular complexity index is 380. The van der Waals surface area contributed by atoms with E-state index in [4.69, 9.17) is 0 Å². The van der Waals surface area contributed by atoms with E-state index in [-0.39, 0.29) is 4.75 Å². The van der Waals surface area contributed by atoms with Crippen LogP contribution >= 0.6 is 27.7 Å². The van der Waals surface area contributed by atoms with Gasteiger partial charge < -0.3 is 0 Å². The van der Waals surface area contributed by atoms with Gasteiger partial charge in [-0.05, 0) is 34.5 Å². The van der Waals surface area contributed by atoms with Crippen LogP contribution in [0.4, 0.5) is 0 Å². The molecule has 0 aliphatic carbocycles. The van der Waals surface area contributed by atoms with Crippen LogP contribution in [-0.4, -0.2) is 11.0 Å². The highest BCUT2D eigenvalue weighted by Crippen LogP contribution is 2.37. The van der Waals surface area contributed by atoms with Crippen molar-refractivity contribution >= 4 is 34.0 Å². The normalized spacial score (nSPS) is 11.5. The molecule has 0 bridgehead atoms. The molecule has 82 valence electrons. The molecular weight excluding hydrogens is 272 g/mol. The van der Waals surface area contributed by atoms with Crippen LogP contribution in [-0.2, 0) is 0 Å². The summed E-state index contributed by atoms with van der Waals surface area (Å²) >= 11 is 5.17. The summed E-state index contributed by atoms with van der Waals surface area (Å²) in [5, 5.41) is 0. The lowest BCUT2D eigenvalue weighted by atomic mass is 10.1. The second-order valence-corrected chi connectivity index (χ2v) is 7.10. The number of aryl methyl sites for hydroxylation is 1. The molecule has 0 saturated carbocycles. The Kier molecular flexibility index (Phi) is 4.01. The molecule has 0 atom stereocenters. The second-order valence-electron chi connectivity index (χ2n) is 4.44. The van der Waals surface area contributed by atoms with Gasteiger partial charge in [0.15, 0.2) is 6.29 Å². The Morgan fingerprint density at radius 1 is 1.33 bits per heavy atom. The van der Waals surface area contributed by atoms with Crippen LogP contribution in [0.5, 0.6) is 0 Å². The van der Waals surface area contributed by atoms with Crippen LogP contribution in [0.3, 0.4) is 0 Å². The Labute approximate surface area is 104 Å². The Hall–Kier alpha value is -0.280. The Morgan fingerprint density at radius 2 is 1.93 bits per heavy atom. The van der Waals surface area contributed by atoms with Crippen molar-refractivity contribution in [2.75, 3.05) is 0 Å². The molecule has 15 heavy (non-hydrogen) atoms. The van der Waals surface area contributed by atoms with Gasteiger partial charge in [0.25, 0.3) is 0 Å². The number of hydrogen-bond donors (Lipinski definition) is 0. The van der Waals surface area contributed by atoms with Crippen molar-refractivity contribution in [3.05, 3.63) is 27.7 Å². The Balaban J connectivity index is 3.19. The topological polar surface area (TPSA) is 17.1 Å². The molecule has 1 rings (SSSR count). The number of halogens is 1. The van der Waals surface area contributed by atoms with E-state index in [0.717, 1.165) is 26.8 Å². The largest absolute Gasteiger partial charge is 0.298 e. The lowest BCUT2D eigenvalue weighted by Gasteiger charge is -2.19. The molecule has 0 radical (unpaired) electrons. The van der Waals surface area contributed by atoms with Crippen LogP contribution in [0, 0.1) is 6.92 Å². The third-order valence-corrected chi connectivity index (χ3v) is 4.11. The first kappa shape index (κ1) is 12.8. The van der Waals surface area contributed by atoms with Crippen LogP contribution < -0.4 is 0 Å². The maximum atomic E-state index is 11.0. The average molecular weight is 287 g/mol. The van der Waals surface area contributed by atoms with Crippen LogP contribution in [0.25, 0.3) is 0 Å². The van der Waals surface area contributed by atoms with E-state index in [9.17, 15) is 4.79 Å². The predicted octanol–water partition coefficient (Wildman–Crippen LogP) is 4.46. The van der Waals surface area contributed by atoms with Gasteiger partial charge in [-0.25, -0.2) is 0 Å². The number of hydrogen-bond acceptors (Lipinski definition) is 2. The molecular formula is C12H15BrOS. The summed E-state index contributed by atoms with van der Waals surface area (Å²) in [6, 6.07) is 4.05. The summed E-state index contributed by atoms with van der Waals surface area (Å²) in [6.07, 6.45) is 0.922. The molecule has 1 nitrogen and oxygen atoms in total. The van der Waals surface area contributed by atoms with Gasteiger partial charge in [-0.1, -0.05) is 26.8 Å². The van der Waals surface area contributed by atoms with Gasteiger partial charge >= 0.3 is 0 Å². The summed E-state index contributed by atoms with van der Waals surface area (Å²) in [5.41, 5.74) is 1.85. The smallest absolute Gasteiger partial charge is 0.152 e. The zero-order chi connectivity index (χ0) is 11.6. The maximum Gasteiger partial charge on any atom is 0.152 e. The van der Waals surface area contributed by atoms with E-state index in [1.807, 2.05) is 19.1 Å². The molecule has 1 aromatic carbocycles. The van der Waals surface area contributed by atoms with Crippen LogP contribution in [0.2, 0.25) is 0 Å². The fourth-order valence-corrected chi connectivity index (χ4v) is 2.84. The molecule has 0 aliphatic heterocycles. The Morgan fingerprint density at radius 3 is 2.40 bits per heavy atom. The summed E-state index contributed by atoms with van der Waals surface area (Å²) in [5.74, 6) is 0. The van der Waals surface area contributed by atoms with E-state index >= 15 is 0 Å². The number of benzene rings is 1. The lowest BCUT2D eigenvalue weighted by molar-refractivity contribution is 0.112. The highest BCUT2D eigenvalue weighted by molar-refractivity contribution is 9.10. The first-order chi connectivity index (χ1) is 6.85. The monoisotopic (exact) mass is 286 g/mol. The summed E-state index contributed by atoms with van der Waals surface area (Å²) < 4.78 is 1.03. The molecule has 0 unspecified atom stereocenters. The van der Waals surface area contributed by atoms with Gasteiger partial charge in [0.2, 0.25) is 0 Å².